The first-order valence-corrected chi connectivity index (χ1v) is 8.97. The highest BCUT2D eigenvalue weighted by Gasteiger charge is 2.16. The molecule has 28 heavy (non-hydrogen) atoms. The normalized spacial score (nSPS) is 10.5. The molecule has 6 heteroatoms. The minimum Gasteiger partial charge on any atom is -0.452 e. The smallest absolute Gasteiger partial charge is 0.339 e. The molecule has 1 amide bonds. The summed E-state index contributed by atoms with van der Waals surface area (Å²) in [5, 5.41) is 0.705. The lowest BCUT2D eigenvalue weighted by atomic mass is 10.1. The summed E-state index contributed by atoms with van der Waals surface area (Å²) < 4.78 is 5.24. The van der Waals surface area contributed by atoms with Crippen LogP contribution in [0.25, 0.3) is 10.9 Å². The third-order valence-corrected chi connectivity index (χ3v) is 4.49. The highest BCUT2D eigenvalue weighted by atomic mass is 16.5. The Balaban J connectivity index is 1.59. The first-order chi connectivity index (χ1) is 13.5. The monoisotopic (exact) mass is 377 g/mol. The highest BCUT2D eigenvalue weighted by Crippen LogP contribution is 2.17. The number of esters is 1. The number of hydrogen-bond acceptors (Lipinski definition) is 5. The van der Waals surface area contributed by atoms with Gasteiger partial charge in [-0.2, -0.15) is 0 Å². The van der Waals surface area contributed by atoms with E-state index < -0.39 is 5.97 Å². The molecule has 0 unspecified atom stereocenters. The summed E-state index contributed by atoms with van der Waals surface area (Å²) in [5.41, 5.74) is 3.21. The second-order valence-corrected chi connectivity index (χ2v) is 6.76. The lowest BCUT2D eigenvalue weighted by Crippen LogP contribution is -2.30. The third kappa shape index (κ3) is 4.46. The molecule has 144 valence electrons. The van der Waals surface area contributed by atoms with Crippen molar-refractivity contribution in [1.82, 2.24) is 9.88 Å². The molecule has 0 radical (unpaired) electrons. The molecule has 0 saturated heterocycles. The Bertz CT molecular complexity index is 978. The van der Waals surface area contributed by atoms with E-state index in [4.69, 9.17) is 4.74 Å². The second kappa shape index (κ2) is 8.52. The molecule has 0 aliphatic rings. The van der Waals surface area contributed by atoms with E-state index in [1.165, 1.54) is 0 Å². The fourth-order valence-electron chi connectivity index (χ4n) is 2.86. The maximum atomic E-state index is 12.4. The van der Waals surface area contributed by atoms with Crippen LogP contribution in [-0.4, -0.2) is 49.5 Å². The predicted octanol–water partition coefficient (Wildman–Crippen LogP) is 3.12. The van der Waals surface area contributed by atoms with Crippen LogP contribution < -0.4 is 4.90 Å². The van der Waals surface area contributed by atoms with E-state index in [0.717, 1.165) is 11.3 Å². The van der Waals surface area contributed by atoms with Crippen LogP contribution in [0.1, 0.15) is 15.9 Å². The first-order valence-electron chi connectivity index (χ1n) is 8.97. The zero-order valence-electron chi connectivity index (χ0n) is 16.3. The van der Waals surface area contributed by atoms with Crippen LogP contribution >= 0.6 is 0 Å². The fraction of sp³-hybridized carbons (Fsp3) is 0.227. The van der Waals surface area contributed by atoms with Crippen LogP contribution in [0.2, 0.25) is 0 Å². The van der Waals surface area contributed by atoms with Crippen molar-refractivity contribution in [3.05, 3.63) is 71.9 Å². The van der Waals surface area contributed by atoms with Crippen LogP contribution in [0.3, 0.4) is 0 Å². The molecule has 3 rings (SSSR count). The van der Waals surface area contributed by atoms with E-state index in [1.54, 1.807) is 36.3 Å². The number of fused-ring (bicyclic) bond motifs is 1. The van der Waals surface area contributed by atoms with Gasteiger partial charge in [0, 0.05) is 45.0 Å². The second-order valence-electron chi connectivity index (χ2n) is 6.76. The molecular weight excluding hydrogens is 354 g/mol. The average molecular weight is 377 g/mol. The first kappa shape index (κ1) is 19.4. The summed E-state index contributed by atoms with van der Waals surface area (Å²) in [7, 11) is 5.65. The summed E-state index contributed by atoms with van der Waals surface area (Å²) in [6.07, 6.45) is 1.67. The number of aromatic nitrogens is 1. The molecule has 1 heterocycles. The predicted molar refractivity (Wildman–Crippen MR) is 109 cm³/mol. The van der Waals surface area contributed by atoms with Gasteiger partial charge in [-0.1, -0.05) is 24.3 Å². The number of ether oxygens (including phenoxy) is 1. The van der Waals surface area contributed by atoms with Crippen LogP contribution in [0.4, 0.5) is 5.69 Å². The Morgan fingerprint density at radius 2 is 1.71 bits per heavy atom. The lowest BCUT2D eigenvalue weighted by molar-refractivity contribution is -0.133. The molecule has 0 spiro atoms. The van der Waals surface area contributed by atoms with Gasteiger partial charge in [0.1, 0.15) is 0 Å². The van der Waals surface area contributed by atoms with E-state index in [1.807, 2.05) is 55.4 Å². The molecule has 0 bridgehead atoms. The van der Waals surface area contributed by atoms with Gasteiger partial charge in [0.15, 0.2) is 6.61 Å². The van der Waals surface area contributed by atoms with E-state index >= 15 is 0 Å². The molecule has 1 aromatic heterocycles. The van der Waals surface area contributed by atoms with E-state index in [2.05, 4.69) is 4.98 Å². The quantitative estimate of drug-likeness (QED) is 0.618. The van der Waals surface area contributed by atoms with Crippen molar-refractivity contribution in [1.29, 1.82) is 0 Å². The molecule has 0 aliphatic carbocycles. The van der Waals surface area contributed by atoms with Crippen molar-refractivity contribution in [3.8, 4) is 0 Å². The van der Waals surface area contributed by atoms with Crippen molar-refractivity contribution < 1.29 is 14.3 Å². The summed E-state index contributed by atoms with van der Waals surface area (Å²) in [6.45, 7) is 0.143. The number of carbonyl (C=O) groups excluding carboxylic acids is 2. The van der Waals surface area contributed by atoms with Crippen molar-refractivity contribution >= 4 is 28.5 Å². The summed E-state index contributed by atoms with van der Waals surface area (Å²) >= 11 is 0. The molecule has 0 atom stereocenters. The van der Waals surface area contributed by atoms with Gasteiger partial charge in [0.2, 0.25) is 0 Å². The molecule has 0 N–H and O–H groups in total. The number of likely N-dealkylation sites (N-methyl/N-ethyl adjacent to an activating group) is 1. The maximum absolute atomic E-state index is 12.4. The number of amides is 1. The maximum Gasteiger partial charge on any atom is 0.339 e. The van der Waals surface area contributed by atoms with Gasteiger partial charge >= 0.3 is 5.97 Å². The number of nitrogens with zero attached hydrogens (tertiary/aromatic N) is 3. The topological polar surface area (TPSA) is 62.7 Å². The molecule has 3 aromatic rings. The molecule has 2 aromatic carbocycles. The van der Waals surface area contributed by atoms with Gasteiger partial charge in [-0.15, -0.1) is 0 Å². The lowest BCUT2D eigenvalue weighted by Gasteiger charge is -2.18. The Morgan fingerprint density at radius 3 is 2.43 bits per heavy atom. The Labute approximate surface area is 164 Å². The zero-order chi connectivity index (χ0) is 20.1. The van der Waals surface area contributed by atoms with Crippen LogP contribution in [-0.2, 0) is 16.1 Å². The van der Waals surface area contributed by atoms with Gasteiger partial charge in [0.05, 0.1) is 11.1 Å². The van der Waals surface area contributed by atoms with Crippen LogP contribution in [0, 0.1) is 0 Å². The average Bonchev–Trinajstić information content (AvgIpc) is 2.71. The standard InChI is InChI=1S/C22H23N3O3/c1-24(2)17-11-9-16(10-12-17)14-25(3)21(26)15-28-22(27)19-6-4-8-20-18(19)7-5-13-23-20/h4-13H,14-15H2,1-3H3. The minimum atomic E-state index is -0.532. The molecule has 6 nitrogen and oxygen atoms in total. The Morgan fingerprint density at radius 1 is 0.964 bits per heavy atom. The number of rotatable bonds is 6. The van der Waals surface area contributed by atoms with Gasteiger partial charge in [-0.05, 0) is 35.9 Å². The number of pyridine rings is 1. The van der Waals surface area contributed by atoms with Crippen LogP contribution in [0.15, 0.2) is 60.8 Å². The largest absolute Gasteiger partial charge is 0.452 e. The Hall–Kier alpha value is -3.41. The van der Waals surface area contributed by atoms with Gasteiger partial charge in [-0.25, -0.2) is 4.79 Å². The fourth-order valence-corrected chi connectivity index (χ4v) is 2.86. The summed E-state index contributed by atoms with van der Waals surface area (Å²) in [6, 6.07) is 16.8. The molecule has 0 saturated carbocycles. The van der Waals surface area contributed by atoms with Gasteiger partial charge in [-0.3, -0.25) is 9.78 Å². The summed E-state index contributed by atoms with van der Waals surface area (Å²) in [4.78, 5) is 32.6. The van der Waals surface area contributed by atoms with E-state index in [9.17, 15) is 9.59 Å². The Kier molecular flexibility index (Phi) is 5.89. The molecule has 0 aliphatic heterocycles. The number of anilines is 1. The van der Waals surface area contributed by atoms with Crippen molar-refractivity contribution in [2.75, 3.05) is 32.6 Å². The molecular formula is C22H23N3O3. The number of benzene rings is 2. The highest BCUT2D eigenvalue weighted by molar-refractivity contribution is 6.03. The minimum absolute atomic E-state index is 0.261. The number of carbonyl (C=O) groups is 2. The number of hydrogen-bond donors (Lipinski definition) is 0. The van der Waals surface area contributed by atoms with Crippen molar-refractivity contribution in [3.63, 3.8) is 0 Å². The SMILES string of the molecule is CN(Cc1ccc(N(C)C)cc1)C(=O)COC(=O)c1cccc2ncccc12. The zero-order valence-corrected chi connectivity index (χ0v) is 16.3. The van der Waals surface area contributed by atoms with E-state index in [-0.39, 0.29) is 12.5 Å². The van der Waals surface area contributed by atoms with Gasteiger partial charge < -0.3 is 14.5 Å². The van der Waals surface area contributed by atoms with Crippen LogP contribution in [0.5, 0.6) is 0 Å². The van der Waals surface area contributed by atoms with Crippen molar-refractivity contribution in [2.24, 2.45) is 0 Å². The summed E-state index contributed by atoms with van der Waals surface area (Å²) in [5.74, 6) is -0.793. The van der Waals surface area contributed by atoms with Crippen molar-refractivity contribution in [2.45, 2.75) is 6.54 Å². The third-order valence-electron chi connectivity index (χ3n) is 4.49. The van der Waals surface area contributed by atoms with Gasteiger partial charge in [0.25, 0.3) is 5.91 Å². The van der Waals surface area contributed by atoms with E-state index in [0.29, 0.717) is 23.0 Å². The molecule has 0 fully saturated rings.